The molecule has 1 N–H and O–H groups in total. The number of ether oxygens (including phenoxy) is 1. The van der Waals surface area contributed by atoms with Gasteiger partial charge in [0.2, 0.25) is 11.8 Å². The zero-order valence-corrected chi connectivity index (χ0v) is 21.4. The number of methoxy groups -OCH3 is 1. The SMILES string of the molecule is COc1ccc(CN2CC3(CCN(CC[C@H](NC(=O)C(C)C)c4ccsc4)CC3)CC2=O)cc1. The molecule has 1 aromatic carbocycles. The first kappa shape index (κ1) is 24.7. The van der Waals surface area contributed by atoms with Crippen LogP contribution >= 0.6 is 11.3 Å². The lowest BCUT2D eigenvalue weighted by molar-refractivity contribution is -0.128. The van der Waals surface area contributed by atoms with Crippen molar-refractivity contribution in [2.75, 3.05) is 33.3 Å². The van der Waals surface area contributed by atoms with E-state index in [1.165, 1.54) is 5.56 Å². The van der Waals surface area contributed by atoms with Gasteiger partial charge in [-0.3, -0.25) is 9.59 Å². The summed E-state index contributed by atoms with van der Waals surface area (Å²) in [5.74, 6) is 1.20. The highest BCUT2D eigenvalue weighted by atomic mass is 32.1. The van der Waals surface area contributed by atoms with E-state index in [-0.39, 0.29) is 29.2 Å². The van der Waals surface area contributed by atoms with Crippen LogP contribution in [0.3, 0.4) is 0 Å². The Bertz CT molecular complexity index is 950. The van der Waals surface area contributed by atoms with Crippen LogP contribution in [-0.4, -0.2) is 54.9 Å². The summed E-state index contributed by atoms with van der Waals surface area (Å²) in [6.07, 6.45) is 3.68. The maximum atomic E-state index is 12.8. The number of nitrogens with zero attached hydrogens (tertiary/aromatic N) is 2. The fourth-order valence-electron chi connectivity index (χ4n) is 5.11. The lowest BCUT2D eigenvalue weighted by atomic mass is 9.77. The first-order chi connectivity index (χ1) is 16.4. The number of likely N-dealkylation sites (tertiary alicyclic amines) is 2. The molecule has 0 bridgehead atoms. The molecule has 2 saturated heterocycles. The Kier molecular flexibility index (Phi) is 7.94. The van der Waals surface area contributed by atoms with Crippen LogP contribution in [0.25, 0.3) is 0 Å². The normalized spacial score (nSPS) is 19.1. The van der Waals surface area contributed by atoms with Crippen LogP contribution < -0.4 is 10.1 Å². The molecule has 0 saturated carbocycles. The van der Waals surface area contributed by atoms with Crippen molar-refractivity contribution in [3.63, 3.8) is 0 Å². The highest BCUT2D eigenvalue weighted by molar-refractivity contribution is 7.08. The van der Waals surface area contributed by atoms with Gasteiger partial charge in [-0.1, -0.05) is 26.0 Å². The number of rotatable bonds is 9. The third kappa shape index (κ3) is 5.99. The number of benzene rings is 1. The van der Waals surface area contributed by atoms with Gasteiger partial charge >= 0.3 is 0 Å². The number of amides is 2. The van der Waals surface area contributed by atoms with E-state index in [4.69, 9.17) is 4.74 Å². The van der Waals surface area contributed by atoms with Crippen LogP contribution in [0.2, 0.25) is 0 Å². The second kappa shape index (κ2) is 10.9. The molecule has 0 unspecified atom stereocenters. The van der Waals surface area contributed by atoms with E-state index >= 15 is 0 Å². The van der Waals surface area contributed by atoms with E-state index < -0.39 is 0 Å². The number of carbonyl (C=O) groups is 2. The molecule has 2 aliphatic rings. The minimum atomic E-state index is -0.0169. The zero-order chi connectivity index (χ0) is 24.1. The summed E-state index contributed by atoms with van der Waals surface area (Å²) in [5, 5.41) is 7.44. The van der Waals surface area contributed by atoms with Gasteiger partial charge in [0.05, 0.1) is 13.2 Å². The van der Waals surface area contributed by atoms with Gasteiger partial charge in [-0.2, -0.15) is 11.3 Å². The number of piperidine rings is 1. The third-order valence-corrected chi connectivity index (χ3v) is 8.08. The van der Waals surface area contributed by atoms with Crippen molar-refractivity contribution < 1.29 is 14.3 Å². The molecular weight excluding hydrogens is 446 g/mol. The van der Waals surface area contributed by atoms with Gasteiger partial charge in [0.15, 0.2) is 0 Å². The Morgan fingerprint density at radius 1 is 1.18 bits per heavy atom. The molecule has 4 rings (SSSR count). The van der Waals surface area contributed by atoms with Gasteiger partial charge in [0.1, 0.15) is 5.75 Å². The molecule has 6 nitrogen and oxygen atoms in total. The molecule has 2 amide bonds. The van der Waals surface area contributed by atoms with E-state index in [0.717, 1.165) is 56.8 Å². The number of hydrogen-bond acceptors (Lipinski definition) is 5. The van der Waals surface area contributed by atoms with Crippen molar-refractivity contribution in [1.82, 2.24) is 15.1 Å². The van der Waals surface area contributed by atoms with E-state index in [1.807, 2.05) is 43.0 Å². The molecule has 0 radical (unpaired) electrons. The Hall–Kier alpha value is -2.38. The Morgan fingerprint density at radius 3 is 2.53 bits per heavy atom. The molecule has 3 heterocycles. The molecule has 1 aromatic heterocycles. The van der Waals surface area contributed by atoms with Gasteiger partial charge in [-0.15, -0.1) is 0 Å². The molecule has 184 valence electrons. The average Bonchev–Trinajstić information content (AvgIpc) is 3.47. The minimum Gasteiger partial charge on any atom is -0.497 e. The molecule has 2 aliphatic heterocycles. The lowest BCUT2D eigenvalue weighted by Gasteiger charge is -2.39. The molecule has 0 aliphatic carbocycles. The zero-order valence-electron chi connectivity index (χ0n) is 20.6. The molecule has 1 atom stereocenters. The van der Waals surface area contributed by atoms with Crippen molar-refractivity contribution in [2.45, 2.75) is 52.1 Å². The van der Waals surface area contributed by atoms with Crippen molar-refractivity contribution in [1.29, 1.82) is 0 Å². The molecule has 34 heavy (non-hydrogen) atoms. The average molecular weight is 484 g/mol. The lowest BCUT2D eigenvalue weighted by Crippen LogP contribution is -2.43. The van der Waals surface area contributed by atoms with Gasteiger partial charge in [0.25, 0.3) is 0 Å². The highest BCUT2D eigenvalue weighted by Gasteiger charge is 2.44. The van der Waals surface area contributed by atoms with Crippen LogP contribution in [0, 0.1) is 11.3 Å². The van der Waals surface area contributed by atoms with E-state index in [1.54, 1.807) is 18.4 Å². The Balaban J connectivity index is 1.28. The molecule has 2 aromatic rings. The Labute approximate surface area is 207 Å². The third-order valence-electron chi connectivity index (χ3n) is 7.37. The molecule has 1 spiro atoms. The number of thiophene rings is 1. The smallest absolute Gasteiger partial charge is 0.223 e. The van der Waals surface area contributed by atoms with Crippen molar-refractivity contribution in [3.05, 3.63) is 52.2 Å². The fourth-order valence-corrected chi connectivity index (χ4v) is 5.82. The summed E-state index contributed by atoms with van der Waals surface area (Å²) in [7, 11) is 1.67. The largest absolute Gasteiger partial charge is 0.497 e. The number of carbonyl (C=O) groups excluding carboxylic acids is 2. The van der Waals surface area contributed by atoms with Crippen LogP contribution in [0.15, 0.2) is 41.1 Å². The predicted molar refractivity (Wildman–Crippen MR) is 136 cm³/mol. The summed E-state index contributed by atoms with van der Waals surface area (Å²) in [6, 6.07) is 10.2. The summed E-state index contributed by atoms with van der Waals surface area (Å²) in [4.78, 5) is 29.7. The molecule has 2 fully saturated rings. The number of hydrogen-bond donors (Lipinski definition) is 1. The molecule has 7 heteroatoms. The Morgan fingerprint density at radius 2 is 1.91 bits per heavy atom. The number of nitrogens with one attached hydrogen (secondary N) is 1. The monoisotopic (exact) mass is 483 g/mol. The van der Waals surface area contributed by atoms with Gasteiger partial charge in [-0.25, -0.2) is 0 Å². The summed E-state index contributed by atoms with van der Waals surface area (Å²) >= 11 is 1.67. The summed E-state index contributed by atoms with van der Waals surface area (Å²) in [6.45, 7) is 8.38. The van der Waals surface area contributed by atoms with Crippen molar-refractivity contribution in [3.8, 4) is 5.75 Å². The minimum absolute atomic E-state index is 0.0169. The van der Waals surface area contributed by atoms with Gasteiger partial charge < -0.3 is 19.9 Å². The second-order valence-corrected chi connectivity index (χ2v) is 11.0. The topological polar surface area (TPSA) is 61.9 Å². The van der Waals surface area contributed by atoms with E-state index in [9.17, 15) is 9.59 Å². The first-order valence-electron chi connectivity index (χ1n) is 12.3. The van der Waals surface area contributed by atoms with Crippen molar-refractivity contribution in [2.24, 2.45) is 11.3 Å². The quantitative estimate of drug-likeness (QED) is 0.572. The second-order valence-electron chi connectivity index (χ2n) is 10.2. The summed E-state index contributed by atoms with van der Waals surface area (Å²) < 4.78 is 5.24. The van der Waals surface area contributed by atoms with Crippen molar-refractivity contribution >= 4 is 23.2 Å². The van der Waals surface area contributed by atoms with E-state index in [0.29, 0.717) is 13.0 Å². The maximum absolute atomic E-state index is 12.8. The van der Waals surface area contributed by atoms with Gasteiger partial charge in [0, 0.05) is 32.0 Å². The standard InChI is InChI=1S/C27H37N3O3S/c1-20(2)26(32)28-24(22-9-15-34-18-22)8-12-29-13-10-27(11-14-29)16-25(31)30(19-27)17-21-4-6-23(33-3)7-5-21/h4-7,9,15,18,20,24H,8,10-14,16-17,19H2,1-3H3,(H,28,32)/t24-/m0/s1. The highest BCUT2D eigenvalue weighted by Crippen LogP contribution is 2.41. The summed E-state index contributed by atoms with van der Waals surface area (Å²) in [5.41, 5.74) is 2.45. The first-order valence-corrected chi connectivity index (χ1v) is 13.3. The van der Waals surface area contributed by atoms with Crippen LogP contribution in [-0.2, 0) is 16.1 Å². The predicted octanol–water partition coefficient (Wildman–Crippen LogP) is 4.47. The molecular formula is C27H37N3O3S. The van der Waals surface area contributed by atoms with Gasteiger partial charge in [-0.05, 0) is 77.9 Å². The maximum Gasteiger partial charge on any atom is 0.223 e. The van der Waals surface area contributed by atoms with Crippen LogP contribution in [0.5, 0.6) is 5.75 Å². The van der Waals surface area contributed by atoms with E-state index in [2.05, 4.69) is 27.0 Å². The van der Waals surface area contributed by atoms with Crippen LogP contribution in [0.1, 0.15) is 56.7 Å². The van der Waals surface area contributed by atoms with Crippen LogP contribution in [0.4, 0.5) is 0 Å². The fraction of sp³-hybridized carbons (Fsp3) is 0.556.